The van der Waals surface area contributed by atoms with Crippen LogP contribution >= 0.6 is 23.2 Å². The van der Waals surface area contributed by atoms with Crippen LogP contribution in [0.4, 0.5) is 4.39 Å². The lowest BCUT2D eigenvalue weighted by molar-refractivity contribution is 0.592. The van der Waals surface area contributed by atoms with Crippen molar-refractivity contribution >= 4 is 33.0 Å². The Morgan fingerprint density at radius 2 is 1.86 bits per heavy atom. The summed E-state index contributed by atoms with van der Waals surface area (Å²) < 4.78 is 37.3. The first kappa shape index (κ1) is 15.9. The summed E-state index contributed by atoms with van der Waals surface area (Å²) in [7, 11) is -3.71. The molecule has 1 aromatic heterocycles. The van der Waals surface area contributed by atoms with Crippen LogP contribution in [0.25, 0.3) is 0 Å². The molecule has 0 unspecified atom stereocenters. The van der Waals surface area contributed by atoms with Crippen LogP contribution in [0.3, 0.4) is 0 Å². The third-order valence-electron chi connectivity index (χ3n) is 2.51. The van der Waals surface area contributed by atoms with Gasteiger partial charge >= 0.3 is 0 Å². The Balaban J connectivity index is 2.24. The van der Waals surface area contributed by atoms with Gasteiger partial charge in [-0.25, -0.2) is 12.8 Å². The van der Waals surface area contributed by atoms with Gasteiger partial charge in [-0.1, -0.05) is 23.2 Å². The zero-order valence-electron chi connectivity index (χ0n) is 10.4. The molecule has 0 aliphatic carbocycles. The Morgan fingerprint density at radius 1 is 1.14 bits per heavy atom. The monoisotopic (exact) mass is 350 g/mol. The third-order valence-corrected chi connectivity index (χ3v) is 4.40. The quantitative estimate of drug-likeness (QED) is 0.917. The first-order chi connectivity index (χ1) is 9.75. The van der Waals surface area contributed by atoms with Crippen LogP contribution in [0.2, 0.25) is 10.2 Å². The van der Waals surface area contributed by atoms with Crippen LogP contribution in [0, 0.1) is 5.82 Å². The molecule has 1 aromatic carbocycles. The molecule has 2 rings (SSSR count). The van der Waals surface area contributed by atoms with Crippen molar-refractivity contribution < 1.29 is 12.8 Å². The molecule has 2 aromatic rings. The number of hydrogen-bond donors (Lipinski definition) is 1. The molecule has 0 aliphatic heterocycles. The molecule has 0 radical (unpaired) electrons. The van der Waals surface area contributed by atoms with Crippen LogP contribution in [0.1, 0.15) is 11.3 Å². The summed E-state index contributed by atoms with van der Waals surface area (Å²) in [5.74, 6) is -1.66. The average molecular weight is 351 g/mol. The minimum absolute atomic E-state index is 0.0121. The molecule has 0 spiro atoms. The lowest BCUT2D eigenvalue weighted by Gasteiger charge is -2.05. The maximum absolute atomic E-state index is 13.2. The van der Waals surface area contributed by atoms with E-state index >= 15 is 0 Å². The number of sulfone groups is 1. The molecule has 21 heavy (non-hydrogen) atoms. The van der Waals surface area contributed by atoms with Gasteiger partial charge in [-0.3, -0.25) is 9.89 Å². The number of hydrogen-bond acceptors (Lipinski definition) is 4. The number of nitrogens with one attached hydrogen (secondary N) is 1. The molecule has 0 aliphatic rings. The minimum atomic E-state index is -3.71. The SMILES string of the molecule is O=c1cc(Cl)[nH]nc1CS(=O)(=O)Cc1cc(F)cc(Cl)c1. The number of benzene rings is 1. The van der Waals surface area contributed by atoms with Gasteiger partial charge in [-0.05, 0) is 23.8 Å². The van der Waals surface area contributed by atoms with E-state index in [4.69, 9.17) is 23.2 Å². The summed E-state index contributed by atoms with van der Waals surface area (Å²) in [5, 5.41) is 6.02. The lowest BCUT2D eigenvalue weighted by atomic mass is 10.2. The van der Waals surface area contributed by atoms with Crippen molar-refractivity contribution in [2.45, 2.75) is 11.5 Å². The summed E-state index contributed by atoms with van der Waals surface area (Å²) in [6, 6.07) is 4.53. The molecule has 5 nitrogen and oxygen atoms in total. The fourth-order valence-electron chi connectivity index (χ4n) is 1.72. The molecule has 0 bridgehead atoms. The van der Waals surface area contributed by atoms with Crippen molar-refractivity contribution in [2.75, 3.05) is 0 Å². The van der Waals surface area contributed by atoms with Crippen LogP contribution in [0.5, 0.6) is 0 Å². The Labute approximate surface area is 129 Å². The van der Waals surface area contributed by atoms with E-state index in [-0.39, 0.29) is 21.4 Å². The highest BCUT2D eigenvalue weighted by Crippen LogP contribution is 2.17. The van der Waals surface area contributed by atoms with Gasteiger partial charge in [-0.15, -0.1) is 0 Å². The van der Waals surface area contributed by atoms with Gasteiger partial charge in [-0.2, -0.15) is 5.10 Å². The molecule has 0 atom stereocenters. The second kappa shape index (κ2) is 6.13. The largest absolute Gasteiger partial charge is 0.288 e. The van der Waals surface area contributed by atoms with Crippen LogP contribution in [-0.4, -0.2) is 18.6 Å². The maximum Gasteiger partial charge on any atom is 0.205 e. The molecule has 112 valence electrons. The van der Waals surface area contributed by atoms with E-state index < -0.39 is 32.6 Å². The van der Waals surface area contributed by atoms with Gasteiger partial charge in [0.1, 0.15) is 16.7 Å². The first-order valence-electron chi connectivity index (χ1n) is 5.65. The predicted molar refractivity (Wildman–Crippen MR) is 77.6 cm³/mol. The van der Waals surface area contributed by atoms with E-state index in [0.717, 1.165) is 18.2 Å². The third kappa shape index (κ3) is 4.52. The molecular formula is C12H9Cl2FN2O3S. The van der Waals surface area contributed by atoms with Crippen LogP contribution in [0.15, 0.2) is 29.1 Å². The fourth-order valence-corrected chi connectivity index (χ4v) is 3.50. The molecule has 0 fully saturated rings. The van der Waals surface area contributed by atoms with Gasteiger partial charge < -0.3 is 0 Å². The molecular weight excluding hydrogens is 342 g/mol. The van der Waals surface area contributed by atoms with Crippen molar-refractivity contribution in [2.24, 2.45) is 0 Å². The van der Waals surface area contributed by atoms with E-state index in [0.29, 0.717) is 0 Å². The maximum atomic E-state index is 13.2. The minimum Gasteiger partial charge on any atom is -0.288 e. The Morgan fingerprint density at radius 3 is 2.48 bits per heavy atom. The smallest absolute Gasteiger partial charge is 0.205 e. The Hall–Kier alpha value is -1.44. The van der Waals surface area contributed by atoms with Gasteiger partial charge in [0.25, 0.3) is 0 Å². The lowest BCUT2D eigenvalue weighted by Crippen LogP contribution is -2.18. The van der Waals surface area contributed by atoms with Gasteiger partial charge in [0.05, 0.1) is 11.5 Å². The average Bonchev–Trinajstić information content (AvgIpc) is 2.30. The number of H-pyrrole nitrogens is 1. The molecule has 1 N–H and O–H groups in total. The highest BCUT2D eigenvalue weighted by molar-refractivity contribution is 7.89. The highest BCUT2D eigenvalue weighted by Gasteiger charge is 2.17. The van der Waals surface area contributed by atoms with Crippen molar-refractivity contribution in [3.8, 4) is 0 Å². The van der Waals surface area contributed by atoms with Crippen molar-refractivity contribution in [1.82, 2.24) is 10.2 Å². The topological polar surface area (TPSA) is 79.9 Å². The number of aromatic amines is 1. The van der Waals surface area contributed by atoms with Gasteiger partial charge in [0.2, 0.25) is 5.43 Å². The summed E-state index contributed by atoms with van der Waals surface area (Å²) in [4.78, 5) is 11.6. The molecule has 9 heteroatoms. The summed E-state index contributed by atoms with van der Waals surface area (Å²) in [6.07, 6.45) is 0. The zero-order valence-corrected chi connectivity index (χ0v) is 12.8. The van der Waals surface area contributed by atoms with Gasteiger partial charge in [0.15, 0.2) is 9.84 Å². The summed E-state index contributed by atoms with van der Waals surface area (Å²) >= 11 is 11.2. The first-order valence-corrected chi connectivity index (χ1v) is 8.22. The number of nitrogens with zero attached hydrogens (tertiary/aromatic N) is 1. The molecule has 0 amide bonds. The van der Waals surface area contributed by atoms with Crippen LogP contribution in [-0.2, 0) is 21.3 Å². The number of aromatic nitrogens is 2. The van der Waals surface area contributed by atoms with E-state index in [1.54, 1.807) is 0 Å². The second-order valence-electron chi connectivity index (χ2n) is 4.34. The molecule has 0 saturated heterocycles. The highest BCUT2D eigenvalue weighted by atomic mass is 35.5. The Kier molecular flexibility index (Phi) is 4.65. The Bertz CT molecular complexity index is 816. The summed E-state index contributed by atoms with van der Waals surface area (Å²) in [5.41, 5.74) is -0.563. The van der Waals surface area contributed by atoms with Crippen molar-refractivity contribution in [1.29, 1.82) is 0 Å². The summed E-state index contributed by atoms with van der Waals surface area (Å²) in [6.45, 7) is 0. The van der Waals surface area contributed by atoms with E-state index in [9.17, 15) is 17.6 Å². The van der Waals surface area contributed by atoms with Crippen molar-refractivity contribution in [3.05, 3.63) is 61.7 Å². The van der Waals surface area contributed by atoms with Gasteiger partial charge in [0, 0.05) is 11.1 Å². The van der Waals surface area contributed by atoms with E-state index in [1.807, 2.05) is 0 Å². The zero-order chi connectivity index (χ0) is 15.6. The van der Waals surface area contributed by atoms with E-state index in [1.165, 1.54) is 6.07 Å². The fraction of sp³-hybridized carbons (Fsp3) is 0.167. The standard InChI is InChI=1S/C12H9Cl2FN2O3S/c13-8-1-7(2-9(15)3-8)5-21(19,20)6-10-11(18)4-12(14)17-16-10/h1-4H,5-6H2,(H,17,18). The van der Waals surface area contributed by atoms with Crippen molar-refractivity contribution in [3.63, 3.8) is 0 Å². The van der Waals surface area contributed by atoms with Crippen LogP contribution < -0.4 is 5.43 Å². The normalized spacial score (nSPS) is 11.6. The number of rotatable bonds is 4. The van der Waals surface area contributed by atoms with E-state index in [2.05, 4.69) is 10.2 Å². The number of halogens is 3. The molecule has 0 saturated carbocycles. The molecule has 1 heterocycles. The second-order valence-corrected chi connectivity index (χ2v) is 7.24. The predicted octanol–water partition coefficient (Wildman–Crippen LogP) is 2.33.